The molecule has 2 atom stereocenters. The summed E-state index contributed by atoms with van der Waals surface area (Å²) in [6.45, 7) is 5.75. The van der Waals surface area contributed by atoms with E-state index in [1.165, 1.54) is 12.0 Å². The Labute approximate surface area is 151 Å². The van der Waals surface area contributed by atoms with Crippen molar-refractivity contribution in [2.75, 3.05) is 13.7 Å². The summed E-state index contributed by atoms with van der Waals surface area (Å²) in [5, 5.41) is 0.852. The van der Waals surface area contributed by atoms with Crippen molar-refractivity contribution < 1.29 is 19.1 Å². The Hall–Kier alpha value is -1.46. The minimum absolute atomic E-state index is 0.222. The number of esters is 1. The van der Waals surface area contributed by atoms with Gasteiger partial charge in [-0.1, -0.05) is 29.3 Å². The van der Waals surface area contributed by atoms with Crippen LogP contribution in [-0.2, 0) is 14.3 Å². The zero-order chi connectivity index (χ0) is 18.1. The first-order chi connectivity index (χ1) is 11.1. The molecule has 0 bridgehead atoms. The molecule has 5 nitrogen and oxygen atoms in total. The predicted molar refractivity (Wildman–Crippen MR) is 92.6 cm³/mol. The molecule has 1 amide bonds. The van der Waals surface area contributed by atoms with E-state index in [1.54, 1.807) is 32.9 Å². The highest BCUT2D eigenvalue weighted by molar-refractivity contribution is 6.42. The fourth-order valence-electron chi connectivity index (χ4n) is 2.82. The van der Waals surface area contributed by atoms with Crippen molar-refractivity contribution in [1.29, 1.82) is 0 Å². The Morgan fingerprint density at radius 2 is 1.88 bits per heavy atom. The van der Waals surface area contributed by atoms with Crippen LogP contribution in [0.4, 0.5) is 4.79 Å². The number of benzene rings is 1. The summed E-state index contributed by atoms with van der Waals surface area (Å²) in [7, 11) is 1.31. The van der Waals surface area contributed by atoms with E-state index in [0.717, 1.165) is 5.56 Å². The van der Waals surface area contributed by atoms with Crippen molar-refractivity contribution in [2.45, 2.75) is 44.8 Å². The third-order valence-corrected chi connectivity index (χ3v) is 4.58. The van der Waals surface area contributed by atoms with Crippen LogP contribution in [0.3, 0.4) is 0 Å². The van der Waals surface area contributed by atoms with Gasteiger partial charge < -0.3 is 9.47 Å². The molecule has 1 aromatic rings. The van der Waals surface area contributed by atoms with E-state index in [4.69, 9.17) is 32.7 Å². The van der Waals surface area contributed by atoms with Crippen molar-refractivity contribution in [3.05, 3.63) is 33.8 Å². The topological polar surface area (TPSA) is 55.8 Å². The fourth-order valence-corrected chi connectivity index (χ4v) is 3.13. The molecule has 2 rings (SSSR count). The number of carbonyl (C=O) groups excluding carboxylic acids is 2. The van der Waals surface area contributed by atoms with Crippen molar-refractivity contribution >= 4 is 35.3 Å². The lowest BCUT2D eigenvalue weighted by Gasteiger charge is -2.29. The maximum atomic E-state index is 12.4. The molecule has 1 aliphatic rings. The van der Waals surface area contributed by atoms with E-state index in [1.807, 2.05) is 6.07 Å². The molecule has 7 heteroatoms. The van der Waals surface area contributed by atoms with E-state index in [-0.39, 0.29) is 5.92 Å². The van der Waals surface area contributed by atoms with Crippen LogP contribution in [0.1, 0.15) is 38.7 Å². The number of amides is 1. The van der Waals surface area contributed by atoms with Gasteiger partial charge in [-0.2, -0.15) is 0 Å². The normalized spacial score (nSPS) is 20.8. The summed E-state index contributed by atoms with van der Waals surface area (Å²) in [4.78, 5) is 26.2. The molecule has 0 aliphatic carbocycles. The summed E-state index contributed by atoms with van der Waals surface area (Å²) in [5.41, 5.74) is 0.199. The van der Waals surface area contributed by atoms with Crippen LogP contribution in [0.25, 0.3) is 0 Å². The molecule has 1 aliphatic heterocycles. The number of hydrogen-bond donors (Lipinski definition) is 0. The minimum atomic E-state index is -0.748. The number of ether oxygens (including phenoxy) is 2. The van der Waals surface area contributed by atoms with Crippen molar-refractivity contribution in [2.24, 2.45) is 0 Å². The van der Waals surface area contributed by atoms with Crippen LogP contribution in [0.15, 0.2) is 18.2 Å². The minimum Gasteiger partial charge on any atom is -0.467 e. The van der Waals surface area contributed by atoms with Crippen molar-refractivity contribution in [3.8, 4) is 0 Å². The highest BCUT2D eigenvalue weighted by atomic mass is 35.5. The first-order valence-electron chi connectivity index (χ1n) is 7.66. The number of likely N-dealkylation sites (tertiary alicyclic amines) is 1. The Bertz CT molecular complexity index is 642. The lowest BCUT2D eigenvalue weighted by atomic mass is 9.92. The molecule has 0 unspecified atom stereocenters. The smallest absolute Gasteiger partial charge is 0.411 e. The van der Waals surface area contributed by atoms with Gasteiger partial charge in [0.05, 0.1) is 17.2 Å². The van der Waals surface area contributed by atoms with Crippen LogP contribution < -0.4 is 0 Å². The van der Waals surface area contributed by atoms with E-state index < -0.39 is 23.7 Å². The number of nitrogens with zero attached hydrogens (tertiary/aromatic N) is 1. The molecule has 0 spiro atoms. The molecule has 0 radical (unpaired) electrons. The highest BCUT2D eigenvalue weighted by Crippen LogP contribution is 2.37. The lowest BCUT2D eigenvalue weighted by molar-refractivity contribution is -0.146. The second-order valence-electron chi connectivity index (χ2n) is 6.71. The summed E-state index contributed by atoms with van der Waals surface area (Å²) < 4.78 is 10.3. The van der Waals surface area contributed by atoms with Crippen LogP contribution in [0, 0.1) is 0 Å². The maximum Gasteiger partial charge on any atom is 0.411 e. The predicted octanol–water partition coefficient (Wildman–Crippen LogP) is 4.26. The Kier molecular flexibility index (Phi) is 5.66. The second kappa shape index (κ2) is 7.19. The molecule has 24 heavy (non-hydrogen) atoms. The third kappa shape index (κ3) is 4.14. The molecular formula is C17H21Cl2NO4. The number of methoxy groups -OCH3 is 1. The van der Waals surface area contributed by atoms with E-state index in [2.05, 4.69) is 0 Å². The van der Waals surface area contributed by atoms with Gasteiger partial charge in [-0.15, -0.1) is 0 Å². The Morgan fingerprint density at radius 3 is 2.42 bits per heavy atom. The van der Waals surface area contributed by atoms with Gasteiger partial charge in [0, 0.05) is 12.5 Å². The molecule has 1 saturated heterocycles. The third-order valence-electron chi connectivity index (χ3n) is 3.84. The van der Waals surface area contributed by atoms with Gasteiger partial charge in [-0.05, 0) is 44.9 Å². The van der Waals surface area contributed by atoms with Crippen LogP contribution in [0.5, 0.6) is 0 Å². The fraction of sp³-hybridized carbons (Fsp3) is 0.529. The van der Waals surface area contributed by atoms with E-state index >= 15 is 0 Å². The average molecular weight is 374 g/mol. The second-order valence-corrected chi connectivity index (χ2v) is 7.52. The Balaban J connectivity index is 2.31. The number of hydrogen-bond acceptors (Lipinski definition) is 4. The summed E-state index contributed by atoms with van der Waals surface area (Å²) >= 11 is 12.0. The first-order valence-corrected chi connectivity index (χ1v) is 8.42. The van der Waals surface area contributed by atoms with Gasteiger partial charge in [0.2, 0.25) is 0 Å². The molecular weight excluding hydrogens is 353 g/mol. The largest absolute Gasteiger partial charge is 0.467 e. The monoisotopic (exact) mass is 373 g/mol. The molecule has 0 aromatic heterocycles. The van der Waals surface area contributed by atoms with Gasteiger partial charge in [0.25, 0.3) is 0 Å². The zero-order valence-electron chi connectivity index (χ0n) is 14.1. The number of halogens is 2. The van der Waals surface area contributed by atoms with Gasteiger partial charge >= 0.3 is 12.1 Å². The molecule has 1 fully saturated rings. The van der Waals surface area contributed by atoms with Gasteiger partial charge in [-0.3, -0.25) is 4.90 Å². The molecule has 1 heterocycles. The lowest BCUT2D eigenvalue weighted by Crippen LogP contribution is -2.45. The van der Waals surface area contributed by atoms with Crippen LogP contribution in [-0.4, -0.2) is 42.3 Å². The highest BCUT2D eigenvalue weighted by Gasteiger charge is 2.44. The molecule has 0 saturated carbocycles. The molecule has 0 N–H and O–H groups in total. The van der Waals surface area contributed by atoms with Gasteiger partial charge in [0.1, 0.15) is 11.6 Å². The summed E-state index contributed by atoms with van der Waals surface area (Å²) in [5.74, 6) is -0.700. The Morgan fingerprint density at radius 1 is 1.21 bits per heavy atom. The number of rotatable bonds is 2. The first kappa shape index (κ1) is 18.9. The average Bonchev–Trinajstić information content (AvgIpc) is 2.92. The van der Waals surface area contributed by atoms with E-state index in [9.17, 15) is 9.59 Å². The van der Waals surface area contributed by atoms with E-state index in [0.29, 0.717) is 23.0 Å². The van der Waals surface area contributed by atoms with Crippen LogP contribution >= 0.6 is 23.2 Å². The molecule has 132 valence electrons. The zero-order valence-corrected chi connectivity index (χ0v) is 15.6. The molecule has 1 aromatic carbocycles. The SMILES string of the molecule is COC(=O)[C@H]1[C@@H](c2ccc(Cl)c(Cl)c2)CCN1C(=O)OC(C)(C)C. The summed E-state index contributed by atoms with van der Waals surface area (Å²) in [6.07, 6.45) is 0.0808. The van der Waals surface area contributed by atoms with Gasteiger partial charge in [-0.25, -0.2) is 9.59 Å². The quantitative estimate of drug-likeness (QED) is 0.726. The van der Waals surface area contributed by atoms with Crippen molar-refractivity contribution in [3.63, 3.8) is 0 Å². The van der Waals surface area contributed by atoms with Gasteiger partial charge in [0.15, 0.2) is 0 Å². The number of carbonyl (C=O) groups is 2. The maximum absolute atomic E-state index is 12.4. The summed E-state index contributed by atoms with van der Waals surface area (Å²) in [6, 6.07) is 4.47. The standard InChI is InChI=1S/C17H21Cl2NO4/c1-17(2,3)24-16(22)20-8-7-11(14(20)15(21)23-4)10-5-6-12(18)13(19)9-10/h5-6,9,11,14H,7-8H2,1-4H3/t11-,14-/m1/s1. The van der Waals surface area contributed by atoms with Crippen LogP contribution in [0.2, 0.25) is 10.0 Å². The van der Waals surface area contributed by atoms with Crippen molar-refractivity contribution in [1.82, 2.24) is 4.90 Å².